The van der Waals surface area contributed by atoms with E-state index in [1.54, 1.807) is 0 Å². The number of rotatable bonds is 5. The molecule has 0 radical (unpaired) electrons. The molecule has 1 saturated heterocycles. The normalized spacial score (nSPS) is 18.7. The highest BCUT2D eigenvalue weighted by atomic mass is 19.1. The third kappa shape index (κ3) is 3.78. The number of morpholine rings is 1. The van der Waals surface area contributed by atoms with Gasteiger partial charge in [-0.3, -0.25) is 4.90 Å². The van der Waals surface area contributed by atoms with Crippen LogP contribution in [0.2, 0.25) is 0 Å². The fourth-order valence-corrected chi connectivity index (χ4v) is 2.97. The van der Waals surface area contributed by atoms with E-state index in [1.165, 1.54) is 12.1 Å². The second-order valence-electron chi connectivity index (χ2n) is 6.03. The van der Waals surface area contributed by atoms with Crippen LogP contribution in [0.5, 0.6) is 0 Å². The van der Waals surface area contributed by atoms with Crippen molar-refractivity contribution in [2.75, 3.05) is 33.4 Å². The van der Waals surface area contributed by atoms with Crippen LogP contribution in [0, 0.1) is 11.6 Å². The van der Waals surface area contributed by atoms with Gasteiger partial charge < -0.3 is 10.1 Å². The van der Waals surface area contributed by atoms with Crippen LogP contribution in [0.25, 0.3) is 0 Å². The Bertz CT molecular complexity index is 473. The van der Waals surface area contributed by atoms with Crippen molar-refractivity contribution in [3.05, 3.63) is 35.4 Å². The summed E-state index contributed by atoms with van der Waals surface area (Å²) in [6.07, 6.45) is 0.521. The molecular weight excluding hydrogens is 274 g/mol. The summed E-state index contributed by atoms with van der Waals surface area (Å²) in [7, 11) is 1.88. The standard InChI is InChI=1S/C16H24F2N2O/c1-16(2,20-6-8-21-9-7-20)15(19-3)10-12-4-5-13(17)11-14(12)18/h4-5,11,15,19H,6-10H2,1-3H3. The third-order valence-electron chi connectivity index (χ3n) is 4.47. The van der Waals surface area contributed by atoms with Gasteiger partial charge in [-0.1, -0.05) is 6.07 Å². The SMILES string of the molecule is CNC(Cc1ccc(F)cc1F)C(C)(C)N1CCOCC1. The van der Waals surface area contributed by atoms with Gasteiger partial charge in [-0.2, -0.15) is 0 Å². The third-order valence-corrected chi connectivity index (χ3v) is 4.47. The van der Waals surface area contributed by atoms with E-state index in [-0.39, 0.29) is 11.6 Å². The Morgan fingerprint density at radius 3 is 2.52 bits per heavy atom. The molecule has 0 bridgehead atoms. The fraction of sp³-hybridized carbons (Fsp3) is 0.625. The molecule has 2 rings (SSSR count). The van der Waals surface area contributed by atoms with Crippen molar-refractivity contribution >= 4 is 0 Å². The smallest absolute Gasteiger partial charge is 0.129 e. The molecule has 1 heterocycles. The quantitative estimate of drug-likeness (QED) is 0.902. The second-order valence-corrected chi connectivity index (χ2v) is 6.03. The van der Waals surface area contributed by atoms with E-state index in [4.69, 9.17) is 4.74 Å². The summed E-state index contributed by atoms with van der Waals surface area (Å²) in [4.78, 5) is 2.36. The second kappa shape index (κ2) is 6.81. The maximum Gasteiger partial charge on any atom is 0.129 e. The van der Waals surface area contributed by atoms with Gasteiger partial charge in [0.05, 0.1) is 13.2 Å². The van der Waals surface area contributed by atoms with Crippen molar-refractivity contribution < 1.29 is 13.5 Å². The summed E-state index contributed by atoms with van der Waals surface area (Å²) in [5.41, 5.74) is 0.399. The van der Waals surface area contributed by atoms with Crippen molar-refractivity contribution in [1.29, 1.82) is 0 Å². The zero-order valence-corrected chi connectivity index (χ0v) is 13.0. The number of likely N-dealkylation sites (N-methyl/N-ethyl adjacent to an activating group) is 1. The van der Waals surface area contributed by atoms with Gasteiger partial charge in [0.25, 0.3) is 0 Å². The van der Waals surface area contributed by atoms with Crippen LogP contribution >= 0.6 is 0 Å². The van der Waals surface area contributed by atoms with E-state index in [0.717, 1.165) is 32.4 Å². The molecule has 1 aliphatic heterocycles. The summed E-state index contributed by atoms with van der Waals surface area (Å²) in [6, 6.07) is 3.86. The first-order chi connectivity index (χ1) is 9.95. The molecule has 1 atom stereocenters. The minimum absolute atomic E-state index is 0.0653. The Hall–Kier alpha value is -1.04. The molecule has 1 unspecified atom stereocenters. The Kier molecular flexibility index (Phi) is 5.30. The van der Waals surface area contributed by atoms with E-state index >= 15 is 0 Å². The molecular formula is C16H24F2N2O. The average Bonchev–Trinajstić information content (AvgIpc) is 2.47. The minimum Gasteiger partial charge on any atom is -0.379 e. The molecule has 3 nitrogen and oxygen atoms in total. The van der Waals surface area contributed by atoms with E-state index in [0.29, 0.717) is 12.0 Å². The lowest BCUT2D eigenvalue weighted by molar-refractivity contribution is -0.0224. The van der Waals surface area contributed by atoms with Crippen LogP contribution in [-0.4, -0.2) is 49.8 Å². The Balaban J connectivity index is 2.14. The maximum atomic E-state index is 13.9. The van der Waals surface area contributed by atoms with Crippen molar-refractivity contribution in [3.63, 3.8) is 0 Å². The Morgan fingerprint density at radius 1 is 1.29 bits per heavy atom. The first kappa shape index (κ1) is 16.3. The van der Waals surface area contributed by atoms with Gasteiger partial charge in [-0.05, 0) is 38.9 Å². The topological polar surface area (TPSA) is 24.5 Å². The number of hydrogen-bond acceptors (Lipinski definition) is 3. The van der Waals surface area contributed by atoms with Gasteiger partial charge in [0.2, 0.25) is 0 Å². The highest BCUT2D eigenvalue weighted by Gasteiger charge is 2.35. The molecule has 0 amide bonds. The van der Waals surface area contributed by atoms with Crippen molar-refractivity contribution in [1.82, 2.24) is 10.2 Å². The molecule has 0 aromatic heterocycles. The van der Waals surface area contributed by atoms with Gasteiger partial charge in [0.1, 0.15) is 11.6 Å². The summed E-state index contributed by atoms with van der Waals surface area (Å²) in [6.45, 7) is 7.51. The van der Waals surface area contributed by atoms with Gasteiger partial charge >= 0.3 is 0 Å². The van der Waals surface area contributed by atoms with Crippen LogP contribution in [0.4, 0.5) is 8.78 Å². The Labute approximate surface area is 125 Å². The van der Waals surface area contributed by atoms with Crippen LogP contribution in [0.3, 0.4) is 0 Å². The summed E-state index contributed by atoms with van der Waals surface area (Å²) >= 11 is 0. The van der Waals surface area contributed by atoms with Crippen LogP contribution in [0.1, 0.15) is 19.4 Å². The number of hydrogen-bond donors (Lipinski definition) is 1. The van der Waals surface area contributed by atoms with Crippen molar-refractivity contribution in [3.8, 4) is 0 Å². The lowest BCUT2D eigenvalue weighted by Crippen LogP contribution is -2.60. The number of nitrogens with zero attached hydrogens (tertiary/aromatic N) is 1. The van der Waals surface area contributed by atoms with Crippen LogP contribution < -0.4 is 5.32 Å². The highest BCUT2D eigenvalue weighted by molar-refractivity contribution is 5.20. The molecule has 1 fully saturated rings. The molecule has 1 aromatic rings. The molecule has 1 aliphatic rings. The van der Waals surface area contributed by atoms with E-state index < -0.39 is 11.6 Å². The maximum absolute atomic E-state index is 13.9. The fourth-order valence-electron chi connectivity index (χ4n) is 2.97. The molecule has 21 heavy (non-hydrogen) atoms. The lowest BCUT2D eigenvalue weighted by atomic mass is 9.87. The molecule has 0 aliphatic carbocycles. The van der Waals surface area contributed by atoms with Crippen LogP contribution in [0.15, 0.2) is 18.2 Å². The summed E-state index contributed by atoms with van der Waals surface area (Å²) in [5.74, 6) is -1.02. The van der Waals surface area contributed by atoms with Crippen molar-refractivity contribution in [2.45, 2.75) is 31.8 Å². The van der Waals surface area contributed by atoms with Gasteiger partial charge in [0, 0.05) is 30.7 Å². The van der Waals surface area contributed by atoms with Crippen LogP contribution in [-0.2, 0) is 11.2 Å². The van der Waals surface area contributed by atoms with E-state index in [9.17, 15) is 8.78 Å². The predicted molar refractivity (Wildman–Crippen MR) is 79.4 cm³/mol. The number of nitrogens with one attached hydrogen (secondary N) is 1. The average molecular weight is 298 g/mol. The molecule has 1 aromatic carbocycles. The molecule has 5 heteroatoms. The van der Waals surface area contributed by atoms with Gasteiger partial charge in [0.15, 0.2) is 0 Å². The number of halogens is 2. The Morgan fingerprint density at radius 2 is 1.95 bits per heavy atom. The first-order valence-corrected chi connectivity index (χ1v) is 7.39. The molecule has 0 spiro atoms. The zero-order chi connectivity index (χ0) is 15.5. The molecule has 118 valence electrons. The lowest BCUT2D eigenvalue weighted by Gasteiger charge is -2.46. The number of ether oxygens (including phenoxy) is 1. The minimum atomic E-state index is -0.537. The predicted octanol–water partition coefficient (Wildman–Crippen LogP) is 2.21. The summed E-state index contributed by atoms with van der Waals surface area (Å²) in [5, 5.41) is 3.29. The largest absolute Gasteiger partial charge is 0.379 e. The van der Waals surface area contributed by atoms with E-state index in [2.05, 4.69) is 24.1 Å². The number of benzene rings is 1. The highest BCUT2D eigenvalue weighted by Crippen LogP contribution is 2.24. The zero-order valence-electron chi connectivity index (χ0n) is 13.0. The summed E-state index contributed by atoms with van der Waals surface area (Å²) < 4.78 is 32.3. The van der Waals surface area contributed by atoms with Gasteiger partial charge in [-0.15, -0.1) is 0 Å². The van der Waals surface area contributed by atoms with Crippen molar-refractivity contribution in [2.24, 2.45) is 0 Å². The molecule has 0 saturated carbocycles. The van der Waals surface area contributed by atoms with E-state index in [1.807, 2.05) is 7.05 Å². The van der Waals surface area contributed by atoms with Gasteiger partial charge in [-0.25, -0.2) is 8.78 Å². The first-order valence-electron chi connectivity index (χ1n) is 7.39. The monoisotopic (exact) mass is 298 g/mol. The molecule has 1 N–H and O–H groups in total.